The molecule has 1 aromatic carbocycles. The summed E-state index contributed by atoms with van der Waals surface area (Å²) < 4.78 is 56.9. The molecule has 0 aliphatic heterocycles. The molecule has 1 aromatic rings. The van der Waals surface area contributed by atoms with E-state index in [4.69, 9.17) is 17.3 Å². The number of hydrogen-bond acceptors (Lipinski definition) is 3. The Kier molecular flexibility index (Phi) is 5.35. The van der Waals surface area contributed by atoms with Crippen LogP contribution in [0.1, 0.15) is 30.5 Å². The number of alkyl halides is 3. The summed E-state index contributed by atoms with van der Waals surface area (Å²) in [6.45, 7) is 1.58. The fraction of sp³-hybridized carbons (Fsp3) is 0.417. The molecule has 0 fully saturated rings. The van der Waals surface area contributed by atoms with Crippen LogP contribution in [-0.4, -0.2) is 12.6 Å². The molecule has 0 aliphatic carbocycles. The van der Waals surface area contributed by atoms with Crippen LogP contribution in [0.25, 0.3) is 0 Å². The van der Waals surface area contributed by atoms with Gasteiger partial charge in [0.1, 0.15) is 5.82 Å². The highest BCUT2D eigenvalue weighted by molar-refractivity contribution is 6.30. The molecule has 0 aromatic heterocycles. The second-order valence-corrected chi connectivity index (χ2v) is 4.34. The Balaban J connectivity index is 3.20. The smallest absolute Gasteiger partial charge is 0.416 e. The first-order valence-electron chi connectivity index (χ1n) is 5.64. The number of benzene rings is 1. The topological polar surface area (TPSA) is 52.3 Å². The van der Waals surface area contributed by atoms with Crippen molar-refractivity contribution in [2.75, 3.05) is 6.61 Å². The summed E-state index contributed by atoms with van der Waals surface area (Å²) in [5.74, 6) is -2.09. The lowest BCUT2D eigenvalue weighted by Crippen LogP contribution is -2.23. The lowest BCUT2D eigenvalue weighted by atomic mass is 9.97. The van der Waals surface area contributed by atoms with Crippen LogP contribution < -0.4 is 5.73 Å². The van der Waals surface area contributed by atoms with Crippen LogP contribution in [0.4, 0.5) is 17.6 Å². The molecule has 0 saturated heterocycles. The van der Waals surface area contributed by atoms with Crippen LogP contribution in [0.3, 0.4) is 0 Å². The number of hydrogen-bond donors (Lipinski definition) is 1. The zero-order valence-corrected chi connectivity index (χ0v) is 11.2. The molecule has 8 heteroatoms. The average Bonchev–Trinajstić information content (AvgIpc) is 2.30. The third-order valence-corrected chi connectivity index (χ3v) is 2.79. The first kappa shape index (κ1) is 16.7. The van der Waals surface area contributed by atoms with Gasteiger partial charge < -0.3 is 10.5 Å². The van der Waals surface area contributed by atoms with E-state index in [-0.39, 0.29) is 6.61 Å². The third kappa shape index (κ3) is 3.83. The summed E-state index contributed by atoms with van der Waals surface area (Å²) in [5, 5.41) is -0.493. The molecule has 2 N–H and O–H groups in total. The molecule has 20 heavy (non-hydrogen) atoms. The second-order valence-electron chi connectivity index (χ2n) is 3.94. The van der Waals surface area contributed by atoms with E-state index in [0.29, 0.717) is 6.07 Å². The Morgan fingerprint density at radius 3 is 2.55 bits per heavy atom. The highest BCUT2D eigenvalue weighted by Gasteiger charge is 2.37. The molecule has 1 atom stereocenters. The molecule has 0 aliphatic rings. The summed E-state index contributed by atoms with van der Waals surface area (Å²) in [6, 6.07) is -0.0733. The predicted octanol–water partition coefficient (Wildman–Crippen LogP) is 3.45. The van der Waals surface area contributed by atoms with Gasteiger partial charge >= 0.3 is 12.1 Å². The van der Waals surface area contributed by atoms with E-state index in [9.17, 15) is 22.4 Å². The van der Waals surface area contributed by atoms with Crippen LogP contribution in [-0.2, 0) is 15.7 Å². The molecule has 0 bridgehead atoms. The number of ether oxygens (including phenoxy) is 1. The summed E-state index contributed by atoms with van der Waals surface area (Å²) >= 11 is 5.46. The van der Waals surface area contributed by atoms with Gasteiger partial charge in [-0.05, 0) is 19.1 Å². The van der Waals surface area contributed by atoms with Crippen molar-refractivity contribution in [3.63, 3.8) is 0 Å². The van der Waals surface area contributed by atoms with Crippen LogP contribution in [0.15, 0.2) is 12.1 Å². The quantitative estimate of drug-likeness (QED) is 0.684. The highest BCUT2D eigenvalue weighted by Crippen LogP contribution is 2.38. The van der Waals surface area contributed by atoms with E-state index >= 15 is 0 Å². The first-order chi connectivity index (χ1) is 9.18. The molecule has 0 saturated carbocycles. The Labute approximate surface area is 117 Å². The molecule has 1 rings (SSSR count). The minimum Gasteiger partial charge on any atom is -0.466 e. The van der Waals surface area contributed by atoms with Crippen molar-refractivity contribution in [1.29, 1.82) is 0 Å². The molecule has 0 unspecified atom stereocenters. The van der Waals surface area contributed by atoms with E-state index < -0.39 is 46.6 Å². The summed E-state index contributed by atoms with van der Waals surface area (Å²) in [6.07, 6.45) is -5.37. The van der Waals surface area contributed by atoms with Gasteiger partial charge in [0.2, 0.25) is 0 Å². The largest absolute Gasteiger partial charge is 0.466 e. The fourth-order valence-electron chi connectivity index (χ4n) is 1.68. The third-order valence-electron chi connectivity index (χ3n) is 2.50. The van der Waals surface area contributed by atoms with Crippen molar-refractivity contribution in [2.24, 2.45) is 5.73 Å². The minimum atomic E-state index is -4.80. The summed E-state index contributed by atoms with van der Waals surface area (Å²) in [4.78, 5) is 11.2. The van der Waals surface area contributed by atoms with Crippen LogP contribution in [0.5, 0.6) is 0 Å². The van der Waals surface area contributed by atoms with Crippen LogP contribution in [0, 0.1) is 5.82 Å². The van der Waals surface area contributed by atoms with Crippen molar-refractivity contribution in [1.82, 2.24) is 0 Å². The second kappa shape index (κ2) is 6.41. The number of rotatable bonds is 4. The van der Waals surface area contributed by atoms with Crippen molar-refractivity contribution in [2.45, 2.75) is 25.6 Å². The Bertz CT molecular complexity index is 505. The van der Waals surface area contributed by atoms with Gasteiger partial charge in [-0.2, -0.15) is 13.2 Å². The van der Waals surface area contributed by atoms with Gasteiger partial charge in [-0.1, -0.05) is 11.6 Å². The standard InChI is InChI=1S/C12H12ClF4NO2/c1-2-20-9(19)5-8(18)10-6(12(15,16)17)3-4-7(13)11(10)14/h3-4,8H,2,5,18H2,1H3/t8-/m0/s1. The number of carbonyl (C=O) groups is 1. The Morgan fingerprint density at radius 2 is 2.05 bits per heavy atom. The van der Waals surface area contributed by atoms with E-state index in [1.807, 2.05) is 0 Å². The van der Waals surface area contributed by atoms with Gasteiger partial charge in [0.15, 0.2) is 0 Å². The zero-order chi connectivity index (χ0) is 15.5. The molecule has 0 spiro atoms. The van der Waals surface area contributed by atoms with Crippen LogP contribution in [0.2, 0.25) is 5.02 Å². The van der Waals surface area contributed by atoms with E-state index in [0.717, 1.165) is 6.07 Å². The maximum absolute atomic E-state index is 13.8. The lowest BCUT2D eigenvalue weighted by molar-refractivity contribution is -0.144. The van der Waals surface area contributed by atoms with E-state index in [1.54, 1.807) is 0 Å². The van der Waals surface area contributed by atoms with Gasteiger partial charge in [-0.15, -0.1) is 0 Å². The Morgan fingerprint density at radius 1 is 1.45 bits per heavy atom. The number of nitrogens with two attached hydrogens (primary N) is 1. The maximum Gasteiger partial charge on any atom is 0.416 e. The minimum absolute atomic E-state index is 0.0513. The number of halogens is 5. The van der Waals surface area contributed by atoms with Gasteiger partial charge in [0.25, 0.3) is 0 Å². The normalized spacial score (nSPS) is 13.2. The van der Waals surface area contributed by atoms with E-state index in [1.165, 1.54) is 6.92 Å². The molecule has 3 nitrogen and oxygen atoms in total. The average molecular weight is 314 g/mol. The number of carbonyl (C=O) groups excluding carboxylic acids is 1. The van der Waals surface area contributed by atoms with Crippen molar-refractivity contribution in [3.05, 3.63) is 34.1 Å². The van der Waals surface area contributed by atoms with E-state index in [2.05, 4.69) is 4.74 Å². The molecular formula is C12H12ClF4NO2. The summed E-state index contributed by atoms with van der Waals surface area (Å²) in [5.41, 5.74) is 3.41. The predicted molar refractivity (Wildman–Crippen MR) is 64.6 cm³/mol. The van der Waals surface area contributed by atoms with Crippen LogP contribution >= 0.6 is 11.6 Å². The van der Waals surface area contributed by atoms with Crippen molar-refractivity contribution in [3.8, 4) is 0 Å². The van der Waals surface area contributed by atoms with Crippen molar-refractivity contribution >= 4 is 17.6 Å². The monoisotopic (exact) mass is 313 g/mol. The summed E-state index contributed by atoms with van der Waals surface area (Å²) in [7, 11) is 0. The van der Waals surface area contributed by atoms with Crippen molar-refractivity contribution < 1.29 is 27.1 Å². The Hall–Kier alpha value is -1.34. The molecular weight excluding hydrogens is 302 g/mol. The van der Waals surface area contributed by atoms with Gasteiger partial charge in [0, 0.05) is 11.6 Å². The fourth-order valence-corrected chi connectivity index (χ4v) is 1.84. The SMILES string of the molecule is CCOC(=O)C[C@H](N)c1c(C(F)(F)F)ccc(Cl)c1F. The molecule has 0 heterocycles. The number of esters is 1. The maximum atomic E-state index is 13.8. The first-order valence-corrected chi connectivity index (χ1v) is 6.02. The zero-order valence-electron chi connectivity index (χ0n) is 10.4. The lowest BCUT2D eigenvalue weighted by Gasteiger charge is -2.19. The van der Waals surface area contributed by atoms with Gasteiger partial charge in [-0.3, -0.25) is 4.79 Å². The molecule has 112 valence electrons. The molecule has 0 amide bonds. The van der Waals surface area contributed by atoms with Gasteiger partial charge in [-0.25, -0.2) is 4.39 Å². The van der Waals surface area contributed by atoms with Gasteiger partial charge in [0.05, 0.1) is 23.6 Å². The molecule has 0 radical (unpaired) electrons. The highest BCUT2D eigenvalue weighted by atomic mass is 35.5.